The first-order chi connectivity index (χ1) is 7.12. The quantitative estimate of drug-likeness (QED) is 0.824. The van der Waals surface area contributed by atoms with E-state index < -0.39 is 0 Å². The van der Waals surface area contributed by atoms with Crippen LogP contribution in [0.2, 0.25) is 0 Å². The second-order valence-electron chi connectivity index (χ2n) is 5.22. The van der Waals surface area contributed by atoms with Crippen molar-refractivity contribution in [1.82, 2.24) is 5.32 Å². The summed E-state index contributed by atoms with van der Waals surface area (Å²) in [6.45, 7) is 7.88. The Labute approximate surface area is 92.1 Å². The summed E-state index contributed by atoms with van der Waals surface area (Å²) in [6.07, 6.45) is 5.32. The smallest absolute Gasteiger partial charge is 0.126 e. The number of fused-ring (bicyclic) bond motifs is 1. The van der Waals surface area contributed by atoms with Crippen LogP contribution in [-0.2, 0) is 12.0 Å². The summed E-state index contributed by atoms with van der Waals surface area (Å²) < 4.78 is 5.64. The summed E-state index contributed by atoms with van der Waals surface area (Å²) in [5, 5.41) is 3.60. The molecule has 0 radical (unpaired) electrons. The van der Waals surface area contributed by atoms with Crippen LogP contribution in [0, 0.1) is 5.92 Å². The van der Waals surface area contributed by atoms with Gasteiger partial charge in [-0.3, -0.25) is 0 Å². The van der Waals surface area contributed by atoms with Crippen LogP contribution < -0.4 is 5.32 Å². The Morgan fingerprint density at radius 1 is 1.53 bits per heavy atom. The van der Waals surface area contributed by atoms with Crippen molar-refractivity contribution >= 4 is 0 Å². The van der Waals surface area contributed by atoms with E-state index in [-0.39, 0.29) is 5.54 Å². The van der Waals surface area contributed by atoms with Gasteiger partial charge in [0.2, 0.25) is 0 Å². The molecule has 1 aromatic heterocycles. The molecular formula is C13H21NO. The van der Waals surface area contributed by atoms with E-state index in [1.807, 2.05) is 6.26 Å². The molecular weight excluding hydrogens is 186 g/mol. The van der Waals surface area contributed by atoms with E-state index in [4.69, 9.17) is 4.42 Å². The van der Waals surface area contributed by atoms with Gasteiger partial charge in [-0.05, 0) is 43.7 Å². The molecule has 1 atom stereocenters. The molecule has 0 fully saturated rings. The first-order valence-corrected chi connectivity index (χ1v) is 5.94. The first kappa shape index (κ1) is 10.7. The van der Waals surface area contributed by atoms with Gasteiger partial charge < -0.3 is 9.73 Å². The van der Waals surface area contributed by atoms with Crippen LogP contribution in [0.5, 0.6) is 0 Å². The normalized spacial score (nSPS) is 25.6. The maximum atomic E-state index is 5.64. The minimum Gasteiger partial charge on any atom is -0.467 e. The van der Waals surface area contributed by atoms with Gasteiger partial charge in [0.05, 0.1) is 11.8 Å². The lowest BCUT2D eigenvalue weighted by Crippen LogP contribution is -2.44. The van der Waals surface area contributed by atoms with Gasteiger partial charge in [0.25, 0.3) is 0 Å². The highest BCUT2D eigenvalue weighted by atomic mass is 16.3. The summed E-state index contributed by atoms with van der Waals surface area (Å²) in [5.41, 5.74) is 1.45. The fourth-order valence-electron chi connectivity index (χ4n) is 2.35. The van der Waals surface area contributed by atoms with Gasteiger partial charge >= 0.3 is 0 Å². The predicted octanol–water partition coefficient (Wildman–Crippen LogP) is 3.08. The molecule has 15 heavy (non-hydrogen) atoms. The number of hydrogen-bond donors (Lipinski definition) is 1. The van der Waals surface area contributed by atoms with Crippen LogP contribution in [0.15, 0.2) is 16.7 Å². The van der Waals surface area contributed by atoms with Crippen LogP contribution in [0.3, 0.4) is 0 Å². The Balaban J connectivity index is 2.16. The molecule has 1 aliphatic rings. The molecule has 0 aromatic carbocycles. The standard InChI is InChI=1S/C13H21NO/c1-10(2)4-7-13(3)12-11(5-8-14-13)6-9-15-12/h6,9-10,14H,4-5,7-8H2,1-3H3. The van der Waals surface area contributed by atoms with Crippen molar-refractivity contribution in [3.8, 4) is 0 Å². The molecule has 0 saturated heterocycles. The maximum Gasteiger partial charge on any atom is 0.126 e. The molecule has 0 amide bonds. The highest BCUT2D eigenvalue weighted by Crippen LogP contribution is 2.33. The summed E-state index contributed by atoms with van der Waals surface area (Å²) in [5.74, 6) is 1.92. The van der Waals surface area contributed by atoms with Crippen LogP contribution in [0.4, 0.5) is 0 Å². The van der Waals surface area contributed by atoms with E-state index in [1.165, 1.54) is 12.0 Å². The Bertz CT molecular complexity index is 329. The Kier molecular flexibility index (Phi) is 2.87. The predicted molar refractivity (Wildman–Crippen MR) is 61.8 cm³/mol. The van der Waals surface area contributed by atoms with Crippen molar-refractivity contribution in [1.29, 1.82) is 0 Å². The second-order valence-corrected chi connectivity index (χ2v) is 5.22. The van der Waals surface area contributed by atoms with Crippen LogP contribution in [0.1, 0.15) is 44.9 Å². The van der Waals surface area contributed by atoms with E-state index in [1.54, 1.807) is 0 Å². The van der Waals surface area contributed by atoms with Crippen LogP contribution in [-0.4, -0.2) is 6.54 Å². The van der Waals surface area contributed by atoms with Gasteiger partial charge in [-0.25, -0.2) is 0 Å². The lowest BCUT2D eigenvalue weighted by molar-refractivity contribution is 0.244. The van der Waals surface area contributed by atoms with Crippen molar-refractivity contribution in [3.05, 3.63) is 23.7 Å². The monoisotopic (exact) mass is 207 g/mol. The van der Waals surface area contributed by atoms with Crippen molar-refractivity contribution in [2.24, 2.45) is 5.92 Å². The molecule has 84 valence electrons. The van der Waals surface area contributed by atoms with Gasteiger partial charge in [-0.1, -0.05) is 13.8 Å². The zero-order chi connectivity index (χ0) is 10.9. The molecule has 2 rings (SSSR count). The third-order valence-corrected chi connectivity index (χ3v) is 3.38. The topological polar surface area (TPSA) is 25.2 Å². The average Bonchev–Trinajstić information content (AvgIpc) is 2.65. The summed E-state index contributed by atoms with van der Waals surface area (Å²) in [4.78, 5) is 0. The minimum atomic E-state index is 0.0569. The van der Waals surface area contributed by atoms with Gasteiger partial charge in [0.1, 0.15) is 5.76 Å². The lowest BCUT2D eigenvalue weighted by atomic mass is 9.84. The molecule has 0 spiro atoms. The first-order valence-electron chi connectivity index (χ1n) is 5.94. The molecule has 1 N–H and O–H groups in total. The van der Waals surface area contributed by atoms with E-state index in [0.29, 0.717) is 0 Å². The van der Waals surface area contributed by atoms with Crippen LogP contribution >= 0.6 is 0 Å². The van der Waals surface area contributed by atoms with Crippen molar-refractivity contribution in [2.75, 3.05) is 6.54 Å². The molecule has 2 heteroatoms. The zero-order valence-electron chi connectivity index (χ0n) is 9.97. The number of furan rings is 1. The summed E-state index contributed by atoms with van der Waals surface area (Å²) >= 11 is 0. The van der Waals surface area contributed by atoms with E-state index in [0.717, 1.165) is 31.1 Å². The van der Waals surface area contributed by atoms with E-state index in [9.17, 15) is 0 Å². The highest BCUT2D eigenvalue weighted by molar-refractivity contribution is 5.27. The number of rotatable bonds is 3. The summed E-state index contributed by atoms with van der Waals surface area (Å²) in [7, 11) is 0. The summed E-state index contributed by atoms with van der Waals surface area (Å²) in [6, 6.07) is 2.11. The van der Waals surface area contributed by atoms with Gasteiger partial charge in [-0.2, -0.15) is 0 Å². The highest BCUT2D eigenvalue weighted by Gasteiger charge is 2.34. The molecule has 1 aliphatic heterocycles. The molecule has 2 nitrogen and oxygen atoms in total. The van der Waals surface area contributed by atoms with Crippen molar-refractivity contribution < 1.29 is 4.42 Å². The molecule has 1 unspecified atom stereocenters. The lowest BCUT2D eigenvalue weighted by Gasteiger charge is -2.34. The molecule has 1 aromatic rings. The third-order valence-electron chi connectivity index (χ3n) is 3.38. The fourth-order valence-corrected chi connectivity index (χ4v) is 2.35. The molecule has 0 bridgehead atoms. The SMILES string of the molecule is CC(C)CCC1(C)NCCc2ccoc21. The largest absolute Gasteiger partial charge is 0.467 e. The molecule has 2 heterocycles. The van der Waals surface area contributed by atoms with Crippen LogP contribution in [0.25, 0.3) is 0 Å². The van der Waals surface area contributed by atoms with Gasteiger partial charge in [0.15, 0.2) is 0 Å². The van der Waals surface area contributed by atoms with Crippen molar-refractivity contribution in [2.45, 2.75) is 45.6 Å². The third kappa shape index (κ3) is 2.10. The van der Waals surface area contributed by atoms with Gasteiger partial charge in [0, 0.05) is 6.54 Å². The van der Waals surface area contributed by atoms with E-state index in [2.05, 4.69) is 32.2 Å². The fraction of sp³-hybridized carbons (Fsp3) is 0.692. The Hall–Kier alpha value is -0.760. The van der Waals surface area contributed by atoms with E-state index >= 15 is 0 Å². The van der Waals surface area contributed by atoms with Crippen molar-refractivity contribution in [3.63, 3.8) is 0 Å². The second kappa shape index (κ2) is 4.01. The van der Waals surface area contributed by atoms with Gasteiger partial charge in [-0.15, -0.1) is 0 Å². The average molecular weight is 207 g/mol. The maximum absolute atomic E-state index is 5.64. The zero-order valence-corrected chi connectivity index (χ0v) is 9.97. The number of hydrogen-bond acceptors (Lipinski definition) is 2. The Morgan fingerprint density at radius 2 is 2.33 bits per heavy atom. The molecule has 0 saturated carbocycles. The number of nitrogens with one attached hydrogen (secondary N) is 1. The molecule has 0 aliphatic carbocycles. The minimum absolute atomic E-state index is 0.0569. The Morgan fingerprint density at radius 3 is 3.07 bits per heavy atom.